The molecular weight excluding hydrogens is 360 g/mol. The second kappa shape index (κ2) is 7.68. The Kier molecular flexibility index (Phi) is 5.75. The third-order valence-corrected chi connectivity index (χ3v) is 5.46. The van der Waals surface area contributed by atoms with Gasteiger partial charge in [-0.1, -0.05) is 76.9 Å². The zero-order chi connectivity index (χ0) is 21.6. The molecule has 3 nitrogen and oxygen atoms in total. The number of aromatic hydroxyl groups is 1. The van der Waals surface area contributed by atoms with Crippen molar-refractivity contribution in [3.8, 4) is 11.5 Å². The highest BCUT2D eigenvalue weighted by atomic mass is 16.6. The summed E-state index contributed by atoms with van der Waals surface area (Å²) in [6.45, 7) is 18.6. The molecule has 1 fully saturated rings. The Balaban J connectivity index is 2.09. The Morgan fingerprint density at radius 2 is 1.41 bits per heavy atom. The average Bonchev–Trinajstić information content (AvgIpc) is 3.39. The zero-order valence-electron chi connectivity index (χ0n) is 19.3. The summed E-state index contributed by atoms with van der Waals surface area (Å²) in [4.78, 5) is 0. The summed E-state index contributed by atoms with van der Waals surface area (Å²) in [7, 11) is 0. The van der Waals surface area contributed by atoms with E-state index in [0.29, 0.717) is 18.8 Å². The van der Waals surface area contributed by atoms with Crippen LogP contribution >= 0.6 is 0 Å². The standard InChI is InChI=1S/C26H36O3/c1-16-9-18(23(27)21(11-16)25(3,4)5)13-19-10-17(2)12-22(26(6,7)8)24(19)29-15-20-14-28-20/h9-12,20,27H,13-15H2,1-8H3. The summed E-state index contributed by atoms with van der Waals surface area (Å²) >= 11 is 0. The summed E-state index contributed by atoms with van der Waals surface area (Å²) in [5.41, 5.74) is 6.50. The van der Waals surface area contributed by atoms with Crippen LogP contribution in [0.1, 0.15) is 74.9 Å². The lowest BCUT2D eigenvalue weighted by Gasteiger charge is -2.27. The van der Waals surface area contributed by atoms with Crippen LogP contribution in [0.5, 0.6) is 11.5 Å². The number of ether oxygens (including phenoxy) is 2. The molecule has 1 N–H and O–H groups in total. The lowest BCUT2D eigenvalue weighted by molar-refractivity contribution is 0.256. The van der Waals surface area contributed by atoms with Crippen molar-refractivity contribution < 1.29 is 14.6 Å². The van der Waals surface area contributed by atoms with Gasteiger partial charge in [0.15, 0.2) is 0 Å². The number of hydrogen-bond acceptors (Lipinski definition) is 3. The molecular formula is C26H36O3. The molecule has 3 heteroatoms. The van der Waals surface area contributed by atoms with Crippen molar-refractivity contribution >= 4 is 0 Å². The molecule has 2 aromatic rings. The van der Waals surface area contributed by atoms with Gasteiger partial charge >= 0.3 is 0 Å². The van der Waals surface area contributed by atoms with Crippen LogP contribution in [0.15, 0.2) is 24.3 Å². The summed E-state index contributed by atoms with van der Waals surface area (Å²) in [5.74, 6) is 1.34. The first kappa shape index (κ1) is 21.7. The predicted molar refractivity (Wildman–Crippen MR) is 119 cm³/mol. The van der Waals surface area contributed by atoms with Gasteiger partial charge in [-0.05, 0) is 41.4 Å². The minimum atomic E-state index is -0.114. The first-order valence-corrected chi connectivity index (χ1v) is 10.6. The molecule has 2 aromatic carbocycles. The molecule has 0 amide bonds. The van der Waals surface area contributed by atoms with Crippen molar-refractivity contribution in [2.45, 2.75) is 78.7 Å². The smallest absolute Gasteiger partial charge is 0.126 e. The molecule has 1 aliphatic rings. The van der Waals surface area contributed by atoms with Gasteiger partial charge in [-0.25, -0.2) is 0 Å². The number of epoxide rings is 1. The van der Waals surface area contributed by atoms with E-state index in [4.69, 9.17) is 9.47 Å². The van der Waals surface area contributed by atoms with Crippen LogP contribution < -0.4 is 4.74 Å². The molecule has 158 valence electrons. The van der Waals surface area contributed by atoms with Crippen LogP contribution in [0, 0.1) is 13.8 Å². The summed E-state index contributed by atoms with van der Waals surface area (Å²) in [6, 6.07) is 8.61. The molecule has 0 spiro atoms. The van der Waals surface area contributed by atoms with Gasteiger partial charge in [0, 0.05) is 12.0 Å². The molecule has 29 heavy (non-hydrogen) atoms. The van der Waals surface area contributed by atoms with Gasteiger partial charge in [0.05, 0.1) is 6.61 Å². The number of aryl methyl sites for hydroxylation is 2. The van der Waals surface area contributed by atoms with Crippen LogP contribution in [-0.2, 0) is 22.0 Å². The highest BCUT2D eigenvalue weighted by Gasteiger charge is 2.28. The van der Waals surface area contributed by atoms with Crippen LogP contribution in [0.25, 0.3) is 0 Å². The van der Waals surface area contributed by atoms with Crippen molar-refractivity contribution in [3.63, 3.8) is 0 Å². The van der Waals surface area contributed by atoms with E-state index in [-0.39, 0.29) is 16.9 Å². The fourth-order valence-corrected chi connectivity index (χ4v) is 3.81. The molecule has 0 aromatic heterocycles. The van der Waals surface area contributed by atoms with Crippen LogP contribution in [0.2, 0.25) is 0 Å². The highest BCUT2D eigenvalue weighted by molar-refractivity contribution is 5.53. The van der Waals surface area contributed by atoms with E-state index >= 15 is 0 Å². The first-order chi connectivity index (χ1) is 13.4. The van der Waals surface area contributed by atoms with Gasteiger partial charge in [0.2, 0.25) is 0 Å². The van der Waals surface area contributed by atoms with Crippen molar-refractivity contribution in [2.24, 2.45) is 0 Å². The van der Waals surface area contributed by atoms with E-state index in [1.165, 1.54) is 16.7 Å². The quantitative estimate of drug-likeness (QED) is 0.633. The van der Waals surface area contributed by atoms with Crippen LogP contribution in [-0.4, -0.2) is 24.4 Å². The minimum absolute atomic E-state index is 0.0360. The fraction of sp³-hybridized carbons (Fsp3) is 0.538. The molecule has 1 aliphatic heterocycles. The number of hydrogen-bond donors (Lipinski definition) is 1. The van der Waals surface area contributed by atoms with E-state index < -0.39 is 0 Å². The highest BCUT2D eigenvalue weighted by Crippen LogP contribution is 2.40. The summed E-state index contributed by atoms with van der Waals surface area (Å²) < 4.78 is 11.7. The van der Waals surface area contributed by atoms with Gasteiger partial charge in [-0.3, -0.25) is 0 Å². The minimum Gasteiger partial charge on any atom is -0.507 e. The van der Waals surface area contributed by atoms with E-state index in [0.717, 1.165) is 29.0 Å². The largest absolute Gasteiger partial charge is 0.507 e. The van der Waals surface area contributed by atoms with Crippen molar-refractivity contribution in [2.75, 3.05) is 13.2 Å². The van der Waals surface area contributed by atoms with E-state index in [9.17, 15) is 5.11 Å². The molecule has 1 saturated heterocycles. The van der Waals surface area contributed by atoms with Crippen molar-refractivity contribution in [1.82, 2.24) is 0 Å². The van der Waals surface area contributed by atoms with Gasteiger partial charge in [-0.15, -0.1) is 0 Å². The molecule has 1 heterocycles. The monoisotopic (exact) mass is 396 g/mol. The lowest BCUT2D eigenvalue weighted by Crippen LogP contribution is -2.17. The first-order valence-electron chi connectivity index (χ1n) is 10.6. The Morgan fingerprint density at radius 3 is 1.93 bits per heavy atom. The van der Waals surface area contributed by atoms with Crippen molar-refractivity contribution in [3.05, 3.63) is 57.6 Å². The lowest BCUT2D eigenvalue weighted by atomic mass is 9.81. The third-order valence-electron chi connectivity index (χ3n) is 5.46. The Labute approximate surface area is 176 Å². The molecule has 0 aliphatic carbocycles. The Bertz CT molecular complexity index is 894. The third kappa shape index (κ3) is 5.14. The summed E-state index contributed by atoms with van der Waals surface area (Å²) in [5, 5.41) is 11.1. The van der Waals surface area contributed by atoms with Gasteiger partial charge < -0.3 is 14.6 Å². The molecule has 0 bridgehead atoms. The van der Waals surface area contributed by atoms with Crippen LogP contribution in [0.3, 0.4) is 0 Å². The van der Waals surface area contributed by atoms with Gasteiger partial charge in [0.1, 0.15) is 24.2 Å². The maximum Gasteiger partial charge on any atom is 0.126 e. The fourth-order valence-electron chi connectivity index (χ4n) is 3.81. The molecule has 3 rings (SSSR count). The molecule has 1 atom stereocenters. The van der Waals surface area contributed by atoms with Crippen LogP contribution in [0.4, 0.5) is 0 Å². The normalized spacial score (nSPS) is 16.8. The maximum absolute atomic E-state index is 11.1. The maximum atomic E-state index is 11.1. The van der Waals surface area contributed by atoms with E-state index in [1.807, 2.05) is 0 Å². The second-order valence-electron chi connectivity index (χ2n) is 10.6. The second-order valence-corrected chi connectivity index (χ2v) is 10.6. The average molecular weight is 397 g/mol. The Morgan fingerprint density at radius 1 is 0.897 bits per heavy atom. The predicted octanol–water partition coefficient (Wildman–Crippen LogP) is 5.97. The van der Waals surface area contributed by atoms with Gasteiger partial charge in [0.25, 0.3) is 0 Å². The number of benzene rings is 2. The molecule has 1 unspecified atom stereocenters. The van der Waals surface area contributed by atoms with E-state index in [1.54, 1.807) is 0 Å². The zero-order valence-corrected chi connectivity index (χ0v) is 19.3. The van der Waals surface area contributed by atoms with Gasteiger partial charge in [-0.2, -0.15) is 0 Å². The number of phenolic OH excluding ortho intramolecular Hbond substituents is 1. The van der Waals surface area contributed by atoms with E-state index in [2.05, 4.69) is 79.7 Å². The summed E-state index contributed by atoms with van der Waals surface area (Å²) in [6.07, 6.45) is 0.846. The Hall–Kier alpha value is -2.00. The molecule has 0 radical (unpaired) electrons. The van der Waals surface area contributed by atoms with Crippen molar-refractivity contribution in [1.29, 1.82) is 0 Å². The SMILES string of the molecule is Cc1cc(Cc2cc(C)cc(C(C)(C)C)c2OCC2CO2)c(O)c(C(C)(C)C)c1. The number of rotatable bonds is 5. The molecule has 0 saturated carbocycles. The number of phenols is 1. The topological polar surface area (TPSA) is 42.0 Å².